The third kappa shape index (κ3) is 4.65. The lowest BCUT2D eigenvalue weighted by molar-refractivity contribution is 0.0727. The molecule has 0 fully saturated rings. The number of hydrogen-bond donors (Lipinski definition) is 1. The van der Waals surface area contributed by atoms with Crippen molar-refractivity contribution in [1.82, 2.24) is 14.9 Å². The minimum atomic E-state index is -0.429. The zero-order chi connectivity index (χ0) is 20.1. The number of rotatable bonds is 6. The number of ether oxygens (including phenoxy) is 1. The van der Waals surface area contributed by atoms with Crippen molar-refractivity contribution in [1.29, 1.82) is 0 Å². The minimum absolute atomic E-state index is 0.0340. The molecule has 0 radical (unpaired) electrons. The normalized spacial score (nSPS) is 10.5. The molecule has 0 aliphatic heterocycles. The third-order valence-electron chi connectivity index (χ3n) is 4.43. The Hall–Kier alpha value is -3.41. The topological polar surface area (TPSA) is 75.3 Å². The van der Waals surface area contributed by atoms with Crippen LogP contribution in [0.25, 0.3) is 0 Å². The number of aromatic nitrogens is 2. The number of methoxy groups -OCH3 is 1. The number of H-pyrrole nitrogens is 1. The summed E-state index contributed by atoms with van der Waals surface area (Å²) in [5, 5.41) is 0. The van der Waals surface area contributed by atoms with Crippen molar-refractivity contribution in [3.8, 4) is 5.75 Å². The van der Waals surface area contributed by atoms with E-state index in [1.54, 1.807) is 18.9 Å². The fourth-order valence-corrected chi connectivity index (χ4v) is 2.99. The van der Waals surface area contributed by atoms with E-state index in [4.69, 9.17) is 4.74 Å². The Morgan fingerprint density at radius 1 is 1.07 bits per heavy atom. The molecular formula is C22H23N3O3. The molecule has 0 aliphatic carbocycles. The van der Waals surface area contributed by atoms with Crippen LogP contribution in [0.15, 0.2) is 59.5 Å². The summed E-state index contributed by atoms with van der Waals surface area (Å²) < 4.78 is 5.19. The van der Waals surface area contributed by atoms with Crippen LogP contribution >= 0.6 is 0 Å². The summed E-state index contributed by atoms with van der Waals surface area (Å²) >= 11 is 0. The Labute approximate surface area is 163 Å². The average Bonchev–Trinajstić information content (AvgIpc) is 2.67. The molecule has 1 N–H and O–H groups in total. The molecule has 0 bridgehead atoms. The van der Waals surface area contributed by atoms with Gasteiger partial charge in [0.2, 0.25) is 0 Å². The van der Waals surface area contributed by atoms with Gasteiger partial charge in [-0.15, -0.1) is 0 Å². The smallest absolute Gasteiger partial charge is 0.263 e. The number of carbonyl (C=O) groups is 1. The summed E-state index contributed by atoms with van der Waals surface area (Å²) in [7, 11) is 1.61. The van der Waals surface area contributed by atoms with Crippen LogP contribution in [0.3, 0.4) is 0 Å². The average molecular weight is 377 g/mol. The predicted octanol–water partition coefficient (Wildman–Crippen LogP) is 3.24. The van der Waals surface area contributed by atoms with Crippen LogP contribution in [-0.4, -0.2) is 27.9 Å². The van der Waals surface area contributed by atoms with Crippen molar-refractivity contribution in [2.75, 3.05) is 7.11 Å². The second-order valence-electron chi connectivity index (χ2n) is 6.71. The van der Waals surface area contributed by atoms with Crippen LogP contribution in [-0.2, 0) is 13.1 Å². The Morgan fingerprint density at radius 2 is 1.79 bits per heavy atom. The van der Waals surface area contributed by atoms with Crippen LogP contribution in [0.1, 0.15) is 32.9 Å². The molecule has 144 valence electrons. The lowest BCUT2D eigenvalue weighted by atomic mass is 10.1. The molecule has 28 heavy (non-hydrogen) atoms. The number of carbonyl (C=O) groups excluding carboxylic acids is 1. The molecule has 3 rings (SSSR count). The van der Waals surface area contributed by atoms with E-state index in [0.717, 1.165) is 22.4 Å². The van der Waals surface area contributed by atoms with Gasteiger partial charge in [-0.3, -0.25) is 9.59 Å². The predicted molar refractivity (Wildman–Crippen MR) is 107 cm³/mol. The number of nitrogens with one attached hydrogen (secondary N) is 1. The first-order valence-electron chi connectivity index (χ1n) is 9.00. The largest absolute Gasteiger partial charge is 0.497 e. The maximum absolute atomic E-state index is 13.1. The van der Waals surface area contributed by atoms with Crippen molar-refractivity contribution in [2.45, 2.75) is 26.9 Å². The van der Waals surface area contributed by atoms with Crippen molar-refractivity contribution >= 4 is 5.91 Å². The van der Waals surface area contributed by atoms with Crippen LogP contribution in [0.4, 0.5) is 0 Å². The quantitative estimate of drug-likeness (QED) is 0.716. The van der Waals surface area contributed by atoms with Crippen LogP contribution in [0.5, 0.6) is 5.75 Å². The lowest BCUT2D eigenvalue weighted by Crippen LogP contribution is -2.34. The highest BCUT2D eigenvalue weighted by Crippen LogP contribution is 2.17. The van der Waals surface area contributed by atoms with Crippen LogP contribution in [0.2, 0.25) is 0 Å². The molecule has 2 aromatic carbocycles. The summed E-state index contributed by atoms with van der Waals surface area (Å²) in [4.78, 5) is 33.7. The van der Waals surface area contributed by atoms with Gasteiger partial charge in [-0.05, 0) is 37.1 Å². The SMILES string of the molecule is COc1ccc(CN(Cc2cccc(C)c2)C(=O)c2cnc(C)[nH]c2=O)cc1. The van der Waals surface area contributed by atoms with Crippen molar-refractivity contribution in [3.05, 3.63) is 93.2 Å². The molecule has 0 saturated carbocycles. The molecule has 1 amide bonds. The summed E-state index contributed by atoms with van der Waals surface area (Å²) in [5.41, 5.74) is 2.66. The molecule has 3 aromatic rings. The van der Waals surface area contributed by atoms with Gasteiger partial charge in [0, 0.05) is 19.3 Å². The van der Waals surface area contributed by atoms with Gasteiger partial charge in [-0.1, -0.05) is 42.0 Å². The summed E-state index contributed by atoms with van der Waals surface area (Å²) in [6.07, 6.45) is 1.34. The zero-order valence-corrected chi connectivity index (χ0v) is 16.2. The molecule has 0 unspecified atom stereocenters. The number of nitrogens with zero attached hydrogens (tertiary/aromatic N) is 2. The molecule has 1 heterocycles. The van der Waals surface area contributed by atoms with Gasteiger partial charge in [-0.25, -0.2) is 4.98 Å². The summed E-state index contributed by atoms with van der Waals surface area (Å²) in [6, 6.07) is 15.5. The van der Waals surface area contributed by atoms with E-state index < -0.39 is 5.56 Å². The number of amides is 1. The molecule has 0 aliphatic rings. The highest BCUT2D eigenvalue weighted by atomic mass is 16.5. The van der Waals surface area contributed by atoms with E-state index in [9.17, 15) is 9.59 Å². The van der Waals surface area contributed by atoms with Gasteiger partial charge < -0.3 is 14.6 Å². The van der Waals surface area contributed by atoms with Crippen LogP contribution in [0, 0.1) is 13.8 Å². The fraction of sp³-hybridized carbons (Fsp3) is 0.227. The zero-order valence-electron chi connectivity index (χ0n) is 16.2. The van der Waals surface area contributed by atoms with Gasteiger partial charge in [0.25, 0.3) is 11.5 Å². The van der Waals surface area contributed by atoms with Gasteiger partial charge in [0.15, 0.2) is 0 Å². The maximum atomic E-state index is 13.1. The van der Waals surface area contributed by atoms with Crippen molar-refractivity contribution in [3.63, 3.8) is 0 Å². The molecule has 0 spiro atoms. The van der Waals surface area contributed by atoms with E-state index in [-0.39, 0.29) is 11.5 Å². The summed E-state index contributed by atoms with van der Waals surface area (Å²) in [5.74, 6) is 0.868. The van der Waals surface area contributed by atoms with Gasteiger partial charge in [-0.2, -0.15) is 0 Å². The fourth-order valence-electron chi connectivity index (χ4n) is 2.99. The van der Waals surface area contributed by atoms with Crippen LogP contribution < -0.4 is 10.3 Å². The van der Waals surface area contributed by atoms with Crippen molar-refractivity contribution in [2.24, 2.45) is 0 Å². The second-order valence-corrected chi connectivity index (χ2v) is 6.71. The lowest BCUT2D eigenvalue weighted by Gasteiger charge is -2.23. The van der Waals surface area contributed by atoms with E-state index in [1.165, 1.54) is 6.20 Å². The first-order valence-corrected chi connectivity index (χ1v) is 9.00. The molecular weight excluding hydrogens is 354 g/mol. The first-order chi connectivity index (χ1) is 13.5. The highest BCUT2D eigenvalue weighted by molar-refractivity contribution is 5.93. The Bertz CT molecular complexity index is 1030. The van der Waals surface area contributed by atoms with E-state index >= 15 is 0 Å². The molecule has 6 nitrogen and oxygen atoms in total. The van der Waals surface area contributed by atoms with E-state index in [2.05, 4.69) is 9.97 Å². The molecule has 0 atom stereocenters. The number of hydrogen-bond acceptors (Lipinski definition) is 4. The Kier molecular flexibility index (Phi) is 5.89. The maximum Gasteiger partial charge on any atom is 0.263 e. The number of aryl methyl sites for hydroxylation is 2. The van der Waals surface area contributed by atoms with Gasteiger partial charge in [0.05, 0.1) is 7.11 Å². The van der Waals surface area contributed by atoms with E-state index in [1.807, 2.05) is 55.5 Å². The van der Waals surface area contributed by atoms with Gasteiger partial charge in [0.1, 0.15) is 17.1 Å². The molecule has 0 saturated heterocycles. The second kappa shape index (κ2) is 8.52. The standard InChI is InChI=1S/C22H23N3O3/c1-15-5-4-6-18(11-15)14-25(13-17-7-9-19(28-3)10-8-17)22(27)20-12-23-16(2)24-21(20)26/h4-12H,13-14H2,1-3H3,(H,23,24,26). The number of aromatic amines is 1. The monoisotopic (exact) mass is 377 g/mol. The molecule has 6 heteroatoms. The first kappa shape index (κ1) is 19.4. The highest BCUT2D eigenvalue weighted by Gasteiger charge is 2.20. The van der Waals surface area contributed by atoms with E-state index in [0.29, 0.717) is 18.9 Å². The Balaban J connectivity index is 1.92. The van der Waals surface area contributed by atoms with Gasteiger partial charge >= 0.3 is 0 Å². The Morgan fingerprint density at radius 3 is 2.43 bits per heavy atom. The number of benzene rings is 2. The third-order valence-corrected chi connectivity index (χ3v) is 4.43. The summed E-state index contributed by atoms with van der Waals surface area (Å²) in [6.45, 7) is 4.44. The molecule has 1 aromatic heterocycles. The van der Waals surface area contributed by atoms with Crippen molar-refractivity contribution < 1.29 is 9.53 Å². The minimum Gasteiger partial charge on any atom is -0.497 e.